The Labute approximate surface area is 142 Å². The number of hydrazone groups is 1. The summed E-state index contributed by atoms with van der Waals surface area (Å²) in [4.78, 5) is 14.5. The molecule has 132 valence electrons. The zero-order valence-corrected chi connectivity index (χ0v) is 13.0. The van der Waals surface area contributed by atoms with E-state index < -0.39 is 35.1 Å². The number of aromatic nitrogens is 1. The molecule has 11 heteroatoms. The lowest BCUT2D eigenvalue weighted by Gasteiger charge is -2.32. The molecule has 0 saturated heterocycles. The number of carboxylic acid groups (broad SMARTS) is 1. The van der Waals surface area contributed by atoms with Gasteiger partial charge in [0.2, 0.25) is 5.13 Å². The lowest BCUT2D eigenvalue weighted by atomic mass is 10.0. The van der Waals surface area contributed by atoms with Gasteiger partial charge in [-0.1, -0.05) is 12.1 Å². The van der Waals surface area contributed by atoms with Crippen LogP contribution in [0.25, 0.3) is 0 Å². The van der Waals surface area contributed by atoms with E-state index in [1.165, 1.54) is 24.3 Å². The second kappa shape index (κ2) is 5.70. The van der Waals surface area contributed by atoms with Gasteiger partial charge in [0.15, 0.2) is 5.69 Å². The number of aromatic hydroxyl groups is 1. The smallest absolute Gasteiger partial charge is 0.438 e. The molecule has 1 unspecified atom stereocenters. The summed E-state index contributed by atoms with van der Waals surface area (Å²) >= 11 is 0.599. The average molecular weight is 373 g/mol. The maximum atomic E-state index is 13.5. The number of hydrogen-bond donors (Lipinski definition) is 3. The number of aliphatic hydroxyl groups is 1. The molecule has 1 aliphatic rings. The monoisotopic (exact) mass is 373 g/mol. The van der Waals surface area contributed by atoms with Crippen LogP contribution in [0.3, 0.4) is 0 Å². The zero-order valence-electron chi connectivity index (χ0n) is 12.2. The molecule has 25 heavy (non-hydrogen) atoms. The summed E-state index contributed by atoms with van der Waals surface area (Å²) in [6, 6.07) is 5.62. The summed E-state index contributed by atoms with van der Waals surface area (Å²) in [6.07, 6.45) is -6.05. The van der Waals surface area contributed by atoms with Gasteiger partial charge in [-0.3, -0.25) is 0 Å². The van der Waals surface area contributed by atoms with Crippen molar-refractivity contribution in [3.63, 3.8) is 0 Å². The maximum Gasteiger partial charge on any atom is 0.438 e. The van der Waals surface area contributed by atoms with Crippen LogP contribution in [-0.2, 0) is 0 Å². The minimum Gasteiger partial charge on any atom is -0.507 e. The van der Waals surface area contributed by atoms with Gasteiger partial charge >= 0.3 is 12.1 Å². The van der Waals surface area contributed by atoms with Crippen LogP contribution in [0.1, 0.15) is 22.5 Å². The van der Waals surface area contributed by atoms with Crippen LogP contribution in [0.5, 0.6) is 5.75 Å². The summed E-state index contributed by atoms with van der Waals surface area (Å²) < 4.78 is 40.4. The highest BCUT2D eigenvalue weighted by molar-refractivity contribution is 7.14. The van der Waals surface area contributed by atoms with Gasteiger partial charge in [-0.25, -0.2) is 9.78 Å². The highest BCUT2D eigenvalue weighted by Crippen LogP contribution is 2.45. The molecular formula is C14H10F3N3O4S. The molecule has 2 aromatic rings. The molecule has 1 aromatic heterocycles. The molecule has 1 atom stereocenters. The van der Waals surface area contributed by atoms with Gasteiger partial charge in [0.25, 0.3) is 5.72 Å². The molecule has 2 heterocycles. The van der Waals surface area contributed by atoms with Gasteiger partial charge in [0.1, 0.15) is 5.75 Å². The third-order valence-electron chi connectivity index (χ3n) is 3.55. The molecule has 0 bridgehead atoms. The molecule has 0 amide bonds. The lowest BCUT2D eigenvalue weighted by Crippen LogP contribution is -2.55. The number of anilines is 1. The summed E-state index contributed by atoms with van der Waals surface area (Å²) in [7, 11) is 0. The number of carbonyl (C=O) groups is 1. The number of para-hydroxylation sites is 1. The topological polar surface area (TPSA) is 106 Å². The molecule has 0 aliphatic carbocycles. The highest BCUT2D eigenvalue weighted by Gasteiger charge is 2.62. The first-order valence-corrected chi connectivity index (χ1v) is 7.65. The fraction of sp³-hybridized carbons (Fsp3) is 0.214. The van der Waals surface area contributed by atoms with Crippen molar-refractivity contribution < 1.29 is 33.3 Å². The lowest BCUT2D eigenvalue weighted by molar-refractivity contribution is -0.254. The molecule has 0 spiro atoms. The van der Waals surface area contributed by atoms with E-state index in [-0.39, 0.29) is 22.0 Å². The molecular weight excluding hydrogens is 363 g/mol. The molecule has 1 aromatic carbocycles. The van der Waals surface area contributed by atoms with Gasteiger partial charge in [0.05, 0.1) is 12.1 Å². The molecule has 1 aliphatic heterocycles. The van der Waals surface area contributed by atoms with Crippen molar-refractivity contribution >= 4 is 28.1 Å². The van der Waals surface area contributed by atoms with E-state index in [1.54, 1.807) is 0 Å². The van der Waals surface area contributed by atoms with Crippen molar-refractivity contribution in [3.05, 3.63) is 40.9 Å². The van der Waals surface area contributed by atoms with Crippen LogP contribution < -0.4 is 5.01 Å². The number of benzene rings is 1. The Kier molecular flexibility index (Phi) is 3.92. The number of nitrogens with zero attached hydrogens (tertiary/aromatic N) is 3. The van der Waals surface area contributed by atoms with Crippen LogP contribution in [0.2, 0.25) is 0 Å². The number of hydrogen-bond acceptors (Lipinski definition) is 7. The van der Waals surface area contributed by atoms with Crippen molar-refractivity contribution in [1.29, 1.82) is 0 Å². The number of phenolic OH excluding ortho intramolecular Hbond substituents is 1. The van der Waals surface area contributed by atoms with E-state index in [0.29, 0.717) is 11.3 Å². The number of rotatable bonds is 3. The molecule has 7 nitrogen and oxygen atoms in total. The largest absolute Gasteiger partial charge is 0.507 e. The molecule has 3 N–H and O–H groups in total. The Morgan fingerprint density at radius 2 is 2.00 bits per heavy atom. The summed E-state index contributed by atoms with van der Waals surface area (Å²) in [5.74, 6) is -1.71. The summed E-state index contributed by atoms with van der Waals surface area (Å²) in [5.41, 5.74) is -4.04. The van der Waals surface area contributed by atoms with E-state index in [2.05, 4.69) is 10.1 Å². The molecule has 0 saturated carbocycles. The first kappa shape index (κ1) is 17.2. The third-order valence-corrected chi connectivity index (χ3v) is 4.36. The highest BCUT2D eigenvalue weighted by atomic mass is 32.1. The Bertz CT molecular complexity index is 867. The summed E-state index contributed by atoms with van der Waals surface area (Å²) in [6.45, 7) is 0. The molecule has 0 radical (unpaired) electrons. The average Bonchev–Trinajstić information content (AvgIpc) is 3.12. The van der Waals surface area contributed by atoms with Crippen molar-refractivity contribution in [2.45, 2.75) is 18.3 Å². The fourth-order valence-corrected chi connectivity index (χ4v) is 3.11. The number of carboxylic acids is 1. The minimum absolute atomic E-state index is 0.0303. The van der Waals surface area contributed by atoms with Crippen molar-refractivity contribution in [2.75, 3.05) is 5.01 Å². The van der Waals surface area contributed by atoms with Crippen LogP contribution in [-0.4, -0.2) is 43.9 Å². The van der Waals surface area contributed by atoms with E-state index in [4.69, 9.17) is 5.11 Å². The van der Waals surface area contributed by atoms with Gasteiger partial charge in [-0.15, -0.1) is 11.3 Å². The fourth-order valence-electron chi connectivity index (χ4n) is 2.29. The van der Waals surface area contributed by atoms with Crippen LogP contribution >= 0.6 is 11.3 Å². The third kappa shape index (κ3) is 2.81. The van der Waals surface area contributed by atoms with Gasteiger partial charge in [-0.2, -0.15) is 23.3 Å². The number of alkyl halides is 3. The second-order valence-electron chi connectivity index (χ2n) is 5.19. The van der Waals surface area contributed by atoms with Crippen LogP contribution in [0.4, 0.5) is 18.3 Å². The summed E-state index contributed by atoms with van der Waals surface area (Å²) in [5, 5.41) is 33.5. The maximum absolute atomic E-state index is 13.5. The first-order valence-electron chi connectivity index (χ1n) is 6.77. The van der Waals surface area contributed by atoms with E-state index in [1.807, 2.05) is 0 Å². The molecule has 3 rings (SSSR count). The van der Waals surface area contributed by atoms with E-state index >= 15 is 0 Å². The number of halogens is 3. The number of thiazole rings is 1. The Morgan fingerprint density at radius 3 is 2.56 bits per heavy atom. The van der Waals surface area contributed by atoms with Crippen molar-refractivity contribution in [3.8, 4) is 5.75 Å². The molecule has 0 fully saturated rings. The van der Waals surface area contributed by atoms with Crippen molar-refractivity contribution in [1.82, 2.24) is 4.98 Å². The van der Waals surface area contributed by atoms with Gasteiger partial charge in [0, 0.05) is 10.9 Å². The van der Waals surface area contributed by atoms with E-state index in [0.717, 1.165) is 5.38 Å². The van der Waals surface area contributed by atoms with Gasteiger partial charge < -0.3 is 15.3 Å². The SMILES string of the molecule is O=C(O)c1csc(N2N=C(c3ccccc3O)CC2(O)C(F)(F)F)n1. The zero-order chi connectivity index (χ0) is 18.4. The second-order valence-corrected chi connectivity index (χ2v) is 6.02. The standard InChI is InChI=1S/C14H10F3N3O4S/c15-14(16,17)13(24)5-8(7-3-1-2-4-10(7)21)19-20(13)12-18-9(6-25-12)11(22)23/h1-4,6,21,24H,5H2,(H,22,23). The Hall–Kier alpha value is -2.66. The minimum atomic E-state index is -5.10. The normalized spacial score (nSPS) is 20.6. The first-order chi connectivity index (χ1) is 11.6. The predicted molar refractivity (Wildman–Crippen MR) is 81.8 cm³/mol. The van der Waals surface area contributed by atoms with E-state index in [9.17, 15) is 28.2 Å². The quantitative estimate of drug-likeness (QED) is 0.763. The number of phenols is 1. The Morgan fingerprint density at radius 1 is 1.32 bits per heavy atom. The Balaban J connectivity index is 2.10. The van der Waals surface area contributed by atoms with Crippen LogP contribution in [0, 0.1) is 0 Å². The van der Waals surface area contributed by atoms with Crippen molar-refractivity contribution in [2.24, 2.45) is 5.10 Å². The predicted octanol–water partition coefficient (Wildman–Crippen LogP) is 2.41. The van der Waals surface area contributed by atoms with Crippen LogP contribution in [0.15, 0.2) is 34.7 Å². The number of aromatic carboxylic acids is 1. The van der Waals surface area contributed by atoms with Gasteiger partial charge in [-0.05, 0) is 12.1 Å².